The minimum atomic E-state index is -0.281. The Morgan fingerprint density at radius 3 is 2.38 bits per heavy atom. The Labute approximate surface area is 175 Å². The maximum atomic E-state index is 12.3. The quantitative estimate of drug-likeness (QED) is 0.761. The van der Waals surface area contributed by atoms with E-state index >= 15 is 0 Å². The van der Waals surface area contributed by atoms with Gasteiger partial charge in [-0.05, 0) is 29.3 Å². The first-order valence-corrected chi connectivity index (χ1v) is 10.8. The Morgan fingerprint density at radius 1 is 1.07 bits per heavy atom. The number of rotatable bonds is 6. The molecule has 1 aromatic heterocycles. The van der Waals surface area contributed by atoms with E-state index in [2.05, 4.69) is 15.6 Å². The van der Waals surface area contributed by atoms with Crippen molar-refractivity contribution < 1.29 is 9.59 Å². The molecule has 3 amide bonds. The van der Waals surface area contributed by atoms with Gasteiger partial charge in [-0.1, -0.05) is 18.2 Å². The molecule has 2 aromatic rings. The Morgan fingerprint density at radius 2 is 1.76 bits per heavy atom. The predicted molar refractivity (Wildman–Crippen MR) is 118 cm³/mol. The number of hydrogen-bond donors (Lipinski definition) is 2. The molecule has 2 heterocycles. The molecule has 0 radical (unpaired) electrons. The van der Waals surface area contributed by atoms with Crippen LogP contribution in [0, 0.1) is 0 Å². The van der Waals surface area contributed by atoms with Crippen molar-refractivity contribution in [2.75, 3.05) is 48.9 Å². The number of aromatic nitrogens is 1. The fourth-order valence-electron chi connectivity index (χ4n) is 2.95. The van der Waals surface area contributed by atoms with E-state index in [-0.39, 0.29) is 11.9 Å². The molecule has 0 bridgehead atoms. The summed E-state index contributed by atoms with van der Waals surface area (Å²) >= 11 is 1.89. The van der Waals surface area contributed by atoms with Crippen LogP contribution in [0.5, 0.6) is 0 Å². The summed E-state index contributed by atoms with van der Waals surface area (Å²) in [6, 6.07) is 11.0. The number of anilines is 2. The molecule has 2 N–H and O–H groups in total. The Kier molecular flexibility index (Phi) is 7.35. The van der Waals surface area contributed by atoms with Crippen LogP contribution in [-0.4, -0.2) is 60.5 Å². The molecule has 0 aliphatic carbocycles. The molecule has 1 aromatic carbocycles. The van der Waals surface area contributed by atoms with Crippen molar-refractivity contribution >= 4 is 35.2 Å². The minimum absolute atomic E-state index is 0.164. The van der Waals surface area contributed by atoms with E-state index in [1.807, 2.05) is 72.1 Å². The lowest BCUT2D eigenvalue weighted by molar-refractivity contribution is -0.130. The molecular formula is C21H27N5O2S. The maximum Gasteiger partial charge on any atom is 0.319 e. The maximum absolute atomic E-state index is 12.3. The van der Waals surface area contributed by atoms with Gasteiger partial charge in [0.05, 0.1) is 6.42 Å². The molecular weight excluding hydrogens is 386 g/mol. The largest absolute Gasteiger partial charge is 0.363 e. The normalized spacial score (nSPS) is 13.7. The summed E-state index contributed by atoms with van der Waals surface area (Å²) in [6.07, 6.45) is 2.15. The summed E-state index contributed by atoms with van der Waals surface area (Å²) in [5.74, 6) is 3.06. The second-order valence-electron chi connectivity index (χ2n) is 7.09. The number of pyridine rings is 1. The van der Waals surface area contributed by atoms with Crippen LogP contribution in [0.1, 0.15) is 11.1 Å². The number of thioether (sulfide) groups is 1. The number of amides is 3. The minimum Gasteiger partial charge on any atom is -0.363 e. The second kappa shape index (κ2) is 10.2. The number of carbonyl (C=O) groups excluding carboxylic acids is 2. The molecule has 7 nitrogen and oxygen atoms in total. The van der Waals surface area contributed by atoms with Gasteiger partial charge in [0.15, 0.2) is 0 Å². The van der Waals surface area contributed by atoms with E-state index in [0.717, 1.165) is 41.5 Å². The zero-order chi connectivity index (χ0) is 20.6. The third kappa shape index (κ3) is 6.39. The first kappa shape index (κ1) is 21.0. The molecule has 3 rings (SSSR count). The first-order chi connectivity index (χ1) is 14.0. The van der Waals surface area contributed by atoms with Gasteiger partial charge in [-0.2, -0.15) is 11.8 Å². The fraction of sp³-hybridized carbons (Fsp3) is 0.381. The summed E-state index contributed by atoms with van der Waals surface area (Å²) in [4.78, 5) is 32.6. The molecule has 0 unspecified atom stereocenters. The molecule has 0 saturated carbocycles. The summed E-state index contributed by atoms with van der Waals surface area (Å²) in [5, 5.41) is 5.63. The topological polar surface area (TPSA) is 77.6 Å². The highest BCUT2D eigenvalue weighted by Gasteiger charge is 2.16. The van der Waals surface area contributed by atoms with Gasteiger partial charge in [-0.3, -0.25) is 4.79 Å². The van der Waals surface area contributed by atoms with Crippen LogP contribution in [0.25, 0.3) is 0 Å². The Balaban J connectivity index is 1.45. The fourth-order valence-corrected chi connectivity index (χ4v) is 3.85. The van der Waals surface area contributed by atoms with Crippen LogP contribution in [0.2, 0.25) is 0 Å². The van der Waals surface area contributed by atoms with Crippen LogP contribution in [0.3, 0.4) is 0 Å². The lowest BCUT2D eigenvalue weighted by Gasteiger charge is -2.26. The number of urea groups is 1. The third-order valence-electron chi connectivity index (χ3n) is 4.65. The Bertz CT molecular complexity index is 818. The summed E-state index contributed by atoms with van der Waals surface area (Å²) in [5.41, 5.74) is 2.57. The molecule has 29 heavy (non-hydrogen) atoms. The number of nitrogens with one attached hydrogen (secondary N) is 2. The van der Waals surface area contributed by atoms with Crippen LogP contribution in [-0.2, 0) is 17.8 Å². The van der Waals surface area contributed by atoms with Gasteiger partial charge in [0.2, 0.25) is 5.91 Å². The van der Waals surface area contributed by atoms with Crippen molar-refractivity contribution in [3.63, 3.8) is 0 Å². The van der Waals surface area contributed by atoms with Gasteiger partial charge in [-0.15, -0.1) is 0 Å². The lowest BCUT2D eigenvalue weighted by Crippen LogP contribution is -2.38. The van der Waals surface area contributed by atoms with Crippen LogP contribution >= 0.6 is 11.8 Å². The van der Waals surface area contributed by atoms with Crippen molar-refractivity contribution in [3.8, 4) is 0 Å². The summed E-state index contributed by atoms with van der Waals surface area (Å²) < 4.78 is 0. The number of benzene rings is 1. The first-order valence-electron chi connectivity index (χ1n) is 9.63. The highest BCUT2D eigenvalue weighted by atomic mass is 32.2. The molecule has 8 heteroatoms. The zero-order valence-electron chi connectivity index (χ0n) is 16.9. The molecule has 0 spiro atoms. The highest BCUT2D eigenvalue weighted by molar-refractivity contribution is 7.99. The van der Waals surface area contributed by atoms with Gasteiger partial charge in [0.1, 0.15) is 5.82 Å². The van der Waals surface area contributed by atoms with Crippen LogP contribution in [0.15, 0.2) is 42.6 Å². The van der Waals surface area contributed by atoms with Crippen LogP contribution in [0.4, 0.5) is 16.3 Å². The van der Waals surface area contributed by atoms with E-state index in [1.165, 1.54) is 0 Å². The van der Waals surface area contributed by atoms with E-state index in [1.54, 1.807) is 6.20 Å². The smallest absolute Gasteiger partial charge is 0.319 e. The van der Waals surface area contributed by atoms with Gasteiger partial charge in [0.25, 0.3) is 0 Å². The lowest BCUT2D eigenvalue weighted by atomic mass is 10.1. The van der Waals surface area contributed by atoms with E-state index < -0.39 is 0 Å². The van der Waals surface area contributed by atoms with Crippen molar-refractivity contribution in [1.29, 1.82) is 0 Å². The van der Waals surface area contributed by atoms with Crippen molar-refractivity contribution in [1.82, 2.24) is 15.2 Å². The Hall–Kier alpha value is -2.74. The van der Waals surface area contributed by atoms with Gasteiger partial charge in [-0.25, -0.2) is 9.78 Å². The van der Waals surface area contributed by atoms with E-state index in [9.17, 15) is 9.59 Å². The van der Waals surface area contributed by atoms with Crippen molar-refractivity contribution in [3.05, 3.63) is 53.7 Å². The second-order valence-corrected chi connectivity index (χ2v) is 8.32. The van der Waals surface area contributed by atoms with Gasteiger partial charge >= 0.3 is 6.03 Å². The van der Waals surface area contributed by atoms with E-state index in [4.69, 9.17) is 0 Å². The average Bonchev–Trinajstić information content (AvgIpc) is 2.74. The molecule has 0 atom stereocenters. The predicted octanol–water partition coefficient (Wildman–Crippen LogP) is 2.59. The summed E-state index contributed by atoms with van der Waals surface area (Å²) in [7, 11) is 3.86. The average molecular weight is 414 g/mol. The van der Waals surface area contributed by atoms with E-state index in [0.29, 0.717) is 18.7 Å². The van der Waals surface area contributed by atoms with Crippen molar-refractivity contribution in [2.24, 2.45) is 0 Å². The molecule has 1 aliphatic rings. The monoisotopic (exact) mass is 413 g/mol. The third-order valence-corrected chi connectivity index (χ3v) is 5.59. The number of nitrogens with zero attached hydrogens (tertiary/aromatic N) is 3. The zero-order valence-corrected chi connectivity index (χ0v) is 17.7. The summed E-state index contributed by atoms with van der Waals surface area (Å²) in [6.45, 7) is 2.06. The van der Waals surface area contributed by atoms with Crippen molar-refractivity contribution in [2.45, 2.75) is 13.0 Å². The molecule has 1 aliphatic heterocycles. The van der Waals surface area contributed by atoms with Crippen LogP contribution < -0.4 is 15.5 Å². The molecule has 1 saturated heterocycles. The molecule has 154 valence electrons. The SMILES string of the molecule is CN(C)c1ccc(CNC(=O)Nc2ccc(CC(=O)N3CCSCC3)cc2)cn1. The number of carbonyl (C=O) groups is 2. The standard InChI is InChI=1S/C21H27N5O2S/c1-25(2)19-8-5-17(14-22-19)15-23-21(28)24-18-6-3-16(4-7-18)13-20(27)26-9-11-29-12-10-26/h3-8,14H,9-13,15H2,1-2H3,(H2,23,24,28). The number of hydrogen-bond acceptors (Lipinski definition) is 5. The highest BCUT2D eigenvalue weighted by Crippen LogP contribution is 2.14. The van der Waals surface area contributed by atoms with Gasteiger partial charge < -0.3 is 20.4 Å². The van der Waals surface area contributed by atoms with Gasteiger partial charge in [0, 0.05) is 57.1 Å². The molecule has 1 fully saturated rings.